The van der Waals surface area contributed by atoms with Crippen molar-refractivity contribution in [2.75, 3.05) is 5.75 Å². The first-order chi connectivity index (χ1) is 10.3. The summed E-state index contributed by atoms with van der Waals surface area (Å²) in [7, 11) is 0. The Bertz CT molecular complexity index is 837. The lowest BCUT2D eigenvalue weighted by Crippen LogP contribution is -1.91. The third-order valence-corrected chi connectivity index (χ3v) is 4.09. The van der Waals surface area contributed by atoms with Crippen LogP contribution in [0.2, 0.25) is 0 Å². The summed E-state index contributed by atoms with van der Waals surface area (Å²) in [5.41, 5.74) is 4.12. The second kappa shape index (κ2) is 5.94. The number of nitrogens with zero attached hydrogens (tertiary/aromatic N) is 3. The maximum Gasteiger partial charge on any atom is 0.0992 e. The van der Waals surface area contributed by atoms with E-state index in [1.807, 2.05) is 18.2 Å². The summed E-state index contributed by atoms with van der Waals surface area (Å²) in [5.74, 6) is 1.02. The SMILES string of the molecule is CCSc1ccccc1-c1cnc2cc(C#N)ccc2n1. The highest BCUT2D eigenvalue weighted by atomic mass is 32.2. The molecule has 21 heavy (non-hydrogen) atoms. The van der Waals surface area contributed by atoms with Gasteiger partial charge in [-0.25, -0.2) is 4.98 Å². The standard InChI is InChI=1S/C17H13N3S/c1-2-21-17-6-4-3-5-13(17)16-11-19-15-9-12(10-18)7-8-14(15)20-16/h3-9,11H,2H2,1H3. The van der Waals surface area contributed by atoms with Crippen molar-refractivity contribution in [3.05, 3.63) is 54.2 Å². The van der Waals surface area contributed by atoms with E-state index < -0.39 is 0 Å². The summed E-state index contributed by atoms with van der Waals surface area (Å²) < 4.78 is 0. The Kier molecular flexibility index (Phi) is 3.85. The molecule has 0 aliphatic rings. The number of hydrogen-bond acceptors (Lipinski definition) is 4. The van der Waals surface area contributed by atoms with Crippen LogP contribution in [0.1, 0.15) is 12.5 Å². The van der Waals surface area contributed by atoms with E-state index in [1.165, 1.54) is 4.90 Å². The van der Waals surface area contributed by atoms with Gasteiger partial charge in [0.25, 0.3) is 0 Å². The molecule has 4 heteroatoms. The molecule has 0 aliphatic heterocycles. The van der Waals surface area contributed by atoms with Gasteiger partial charge < -0.3 is 0 Å². The Balaban J connectivity index is 2.12. The summed E-state index contributed by atoms with van der Waals surface area (Å²) in [6, 6.07) is 15.7. The molecule has 1 heterocycles. The molecule has 0 saturated heterocycles. The monoisotopic (exact) mass is 291 g/mol. The highest BCUT2D eigenvalue weighted by Crippen LogP contribution is 2.30. The van der Waals surface area contributed by atoms with Gasteiger partial charge >= 0.3 is 0 Å². The van der Waals surface area contributed by atoms with Crippen molar-refractivity contribution in [1.29, 1.82) is 5.26 Å². The molecule has 1 aromatic heterocycles. The molecule has 0 N–H and O–H groups in total. The van der Waals surface area contributed by atoms with Crippen LogP contribution in [-0.2, 0) is 0 Å². The average Bonchev–Trinajstić information content (AvgIpc) is 2.55. The summed E-state index contributed by atoms with van der Waals surface area (Å²) in [6.45, 7) is 2.14. The Labute approximate surface area is 127 Å². The van der Waals surface area contributed by atoms with Crippen LogP contribution in [0, 0.1) is 11.3 Å². The fourth-order valence-electron chi connectivity index (χ4n) is 2.17. The minimum atomic E-state index is 0.603. The van der Waals surface area contributed by atoms with Gasteiger partial charge in [0.05, 0.1) is 34.6 Å². The summed E-state index contributed by atoms with van der Waals surface area (Å²) >= 11 is 1.80. The number of benzene rings is 2. The van der Waals surface area contributed by atoms with Gasteiger partial charge in [0.15, 0.2) is 0 Å². The second-order valence-corrected chi connectivity index (χ2v) is 5.81. The molecule has 102 valence electrons. The van der Waals surface area contributed by atoms with E-state index in [2.05, 4.69) is 35.1 Å². The lowest BCUT2D eigenvalue weighted by atomic mass is 10.1. The lowest BCUT2D eigenvalue weighted by Gasteiger charge is -2.08. The van der Waals surface area contributed by atoms with Gasteiger partial charge in [0.1, 0.15) is 0 Å². The van der Waals surface area contributed by atoms with Gasteiger partial charge in [-0.3, -0.25) is 4.98 Å². The van der Waals surface area contributed by atoms with Crippen LogP contribution in [-0.4, -0.2) is 15.7 Å². The maximum absolute atomic E-state index is 8.92. The predicted molar refractivity (Wildman–Crippen MR) is 86.1 cm³/mol. The molecule has 2 aromatic carbocycles. The van der Waals surface area contributed by atoms with Gasteiger partial charge in [0, 0.05) is 10.5 Å². The topological polar surface area (TPSA) is 49.6 Å². The Hall–Kier alpha value is -2.38. The highest BCUT2D eigenvalue weighted by molar-refractivity contribution is 7.99. The number of thioether (sulfide) groups is 1. The fourth-order valence-corrected chi connectivity index (χ4v) is 2.98. The minimum Gasteiger partial charge on any atom is -0.252 e. The summed E-state index contributed by atoms with van der Waals surface area (Å²) in [6.07, 6.45) is 1.78. The first kappa shape index (κ1) is 13.6. The van der Waals surface area contributed by atoms with Crippen molar-refractivity contribution in [2.45, 2.75) is 11.8 Å². The van der Waals surface area contributed by atoms with E-state index in [9.17, 15) is 0 Å². The van der Waals surface area contributed by atoms with E-state index in [1.54, 1.807) is 30.1 Å². The Morgan fingerprint density at radius 1 is 1.14 bits per heavy atom. The fraction of sp³-hybridized carbons (Fsp3) is 0.118. The number of fused-ring (bicyclic) bond motifs is 1. The summed E-state index contributed by atoms with van der Waals surface area (Å²) in [4.78, 5) is 10.3. The zero-order chi connectivity index (χ0) is 14.7. The van der Waals surface area contributed by atoms with Crippen molar-refractivity contribution >= 4 is 22.8 Å². The van der Waals surface area contributed by atoms with E-state index in [0.29, 0.717) is 5.56 Å². The van der Waals surface area contributed by atoms with Gasteiger partial charge in [-0.2, -0.15) is 5.26 Å². The molecule has 0 atom stereocenters. The molecule has 0 radical (unpaired) electrons. The van der Waals surface area contributed by atoms with Crippen LogP contribution in [0.5, 0.6) is 0 Å². The molecule has 3 rings (SSSR count). The molecule has 0 saturated carbocycles. The van der Waals surface area contributed by atoms with Crippen molar-refractivity contribution in [2.24, 2.45) is 0 Å². The third-order valence-electron chi connectivity index (χ3n) is 3.13. The van der Waals surface area contributed by atoms with E-state index in [0.717, 1.165) is 28.0 Å². The van der Waals surface area contributed by atoms with E-state index in [-0.39, 0.29) is 0 Å². The predicted octanol–water partition coefficient (Wildman–Crippen LogP) is 4.28. The van der Waals surface area contributed by atoms with Crippen molar-refractivity contribution in [3.8, 4) is 17.3 Å². The number of rotatable bonds is 3. The van der Waals surface area contributed by atoms with Gasteiger partial charge in [-0.05, 0) is 30.0 Å². The highest BCUT2D eigenvalue weighted by Gasteiger charge is 2.08. The van der Waals surface area contributed by atoms with Crippen molar-refractivity contribution < 1.29 is 0 Å². The van der Waals surface area contributed by atoms with Crippen molar-refractivity contribution in [3.63, 3.8) is 0 Å². The lowest BCUT2D eigenvalue weighted by molar-refractivity contribution is 1.27. The smallest absolute Gasteiger partial charge is 0.0992 e. The molecular formula is C17H13N3S. The molecular weight excluding hydrogens is 278 g/mol. The third kappa shape index (κ3) is 2.74. The van der Waals surface area contributed by atoms with Crippen LogP contribution in [0.3, 0.4) is 0 Å². The normalized spacial score (nSPS) is 10.5. The molecule has 0 fully saturated rings. The van der Waals surface area contributed by atoms with Crippen LogP contribution in [0.25, 0.3) is 22.3 Å². The number of aromatic nitrogens is 2. The minimum absolute atomic E-state index is 0.603. The second-order valence-electron chi connectivity index (χ2n) is 4.50. The molecule has 0 unspecified atom stereocenters. The van der Waals surface area contributed by atoms with Crippen LogP contribution in [0.15, 0.2) is 53.6 Å². The van der Waals surface area contributed by atoms with E-state index in [4.69, 9.17) is 5.26 Å². The molecule has 0 aliphatic carbocycles. The summed E-state index contributed by atoms with van der Waals surface area (Å²) in [5, 5.41) is 8.92. The number of hydrogen-bond donors (Lipinski definition) is 0. The molecule has 0 spiro atoms. The quantitative estimate of drug-likeness (QED) is 0.676. The maximum atomic E-state index is 8.92. The van der Waals surface area contributed by atoms with Gasteiger partial charge in [-0.15, -0.1) is 11.8 Å². The molecule has 3 nitrogen and oxygen atoms in total. The number of nitriles is 1. The van der Waals surface area contributed by atoms with Crippen LogP contribution >= 0.6 is 11.8 Å². The first-order valence-corrected chi connectivity index (χ1v) is 7.69. The van der Waals surface area contributed by atoms with Gasteiger partial charge in [0.2, 0.25) is 0 Å². The van der Waals surface area contributed by atoms with Crippen molar-refractivity contribution in [1.82, 2.24) is 9.97 Å². The Morgan fingerprint density at radius 3 is 2.81 bits per heavy atom. The molecule has 3 aromatic rings. The largest absolute Gasteiger partial charge is 0.252 e. The van der Waals surface area contributed by atoms with Crippen LogP contribution < -0.4 is 0 Å². The first-order valence-electron chi connectivity index (χ1n) is 6.71. The Morgan fingerprint density at radius 2 is 2.00 bits per heavy atom. The molecule has 0 amide bonds. The zero-order valence-corrected chi connectivity index (χ0v) is 12.4. The zero-order valence-electron chi connectivity index (χ0n) is 11.6. The van der Waals surface area contributed by atoms with Gasteiger partial charge in [-0.1, -0.05) is 25.1 Å². The van der Waals surface area contributed by atoms with Crippen LogP contribution in [0.4, 0.5) is 0 Å². The molecule has 0 bridgehead atoms. The van der Waals surface area contributed by atoms with E-state index >= 15 is 0 Å². The average molecular weight is 291 g/mol.